The summed E-state index contributed by atoms with van der Waals surface area (Å²) in [6, 6.07) is 3.72. The Morgan fingerprint density at radius 2 is 2.09 bits per heavy atom. The summed E-state index contributed by atoms with van der Waals surface area (Å²) < 4.78 is 1.87. The molecule has 0 aromatic carbocycles. The molecular formula is C21H26N10OS. The molecule has 0 spiro atoms. The van der Waals surface area contributed by atoms with Gasteiger partial charge < -0.3 is 22.1 Å². The normalized spacial score (nSPS) is 13.8. The summed E-state index contributed by atoms with van der Waals surface area (Å²) in [5.74, 6) is 1.35. The molecule has 0 atom stereocenters. The van der Waals surface area contributed by atoms with Crippen molar-refractivity contribution in [2.24, 2.45) is 16.5 Å². The van der Waals surface area contributed by atoms with E-state index in [4.69, 9.17) is 11.5 Å². The number of rotatable bonds is 10. The first-order chi connectivity index (χ1) is 15.9. The van der Waals surface area contributed by atoms with E-state index >= 15 is 0 Å². The van der Waals surface area contributed by atoms with Gasteiger partial charge in [-0.25, -0.2) is 19.0 Å². The number of nitrogens with one attached hydrogen (secondary N) is 2. The predicted octanol–water partition coefficient (Wildman–Crippen LogP) is 2.15. The minimum Gasteiger partial charge on any atom is -0.383 e. The highest BCUT2D eigenvalue weighted by molar-refractivity contribution is 7.98. The number of nitrogens with two attached hydrogens (primary N) is 2. The fraction of sp³-hybridized carbons (Fsp3) is 0.333. The van der Waals surface area contributed by atoms with E-state index in [2.05, 4.69) is 35.7 Å². The number of hydrogen-bond acceptors (Lipinski definition) is 9. The second-order valence-corrected chi connectivity index (χ2v) is 9.16. The monoisotopic (exact) mass is 466 g/mol. The maximum Gasteiger partial charge on any atom is 0.239 e. The Balaban J connectivity index is 1.54. The SMILES string of the molecule is CC(C)Nc1cc(Nc2ccnc(-c3cnn(SC4CC4)c3)n2)ncc1C(N)=NCC(N)=O. The number of pyridine rings is 1. The smallest absolute Gasteiger partial charge is 0.239 e. The molecule has 6 N–H and O–H groups in total. The van der Waals surface area contributed by atoms with Crippen molar-refractivity contribution in [3.63, 3.8) is 0 Å². The number of carbonyl (C=O) groups is 1. The van der Waals surface area contributed by atoms with Crippen LogP contribution in [0.5, 0.6) is 0 Å². The van der Waals surface area contributed by atoms with Crippen LogP contribution < -0.4 is 22.1 Å². The molecule has 3 aromatic heterocycles. The van der Waals surface area contributed by atoms with Gasteiger partial charge in [0, 0.05) is 35.9 Å². The number of amides is 1. The Labute approximate surface area is 195 Å². The third-order valence-electron chi connectivity index (χ3n) is 4.54. The molecule has 172 valence electrons. The van der Waals surface area contributed by atoms with Crippen molar-refractivity contribution in [2.45, 2.75) is 38.0 Å². The van der Waals surface area contributed by atoms with Gasteiger partial charge in [0.1, 0.15) is 24.0 Å². The molecule has 1 fully saturated rings. The average Bonchev–Trinajstić information content (AvgIpc) is 3.46. The predicted molar refractivity (Wildman–Crippen MR) is 130 cm³/mol. The summed E-state index contributed by atoms with van der Waals surface area (Å²) in [6.07, 6.45) is 9.45. The Morgan fingerprint density at radius 1 is 1.27 bits per heavy atom. The lowest BCUT2D eigenvalue weighted by atomic mass is 10.2. The van der Waals surface area contributed by atoms with E-state index in [1.54, 1.807) is 36.6 Å². The summed E-state index contributed by atoms with van der Waals surface area (Å²) in [6.45, 7) is 3.82. The zero-order valence-electron chi connectivity index (χ0n) is 18.4. The van der Waals surface area contributed by atoms with Crippen molar-refractivity contribution in [3.05, 3.63) is 42.5 Å². The molecule has 33 heavy (non-hydrogen) atoms. The molecule has 1 aliphatic rings. The summed E-state index contributed by atoms with van der Waals surface area (Å²) in [5, 5.41) is 11.6. The van der Waals surface area contributed by atoms with Crippen molar-refractivity contribution in [2.75, 3.05) is 17.2 Å². The first kappa shape index (κ1) is 22.5. The molecule has 3 aromatic rings. The van der Waals surface area contributed by atoms with Gasteiger partial charge >= 0.3 is 0 Å². The fourth-order valence-corrected chi connectivity index (χ4v) is 3.84. The number of carbonyl (C=O) groups excluding carboxylic acids is 1. The van der Waals surface area contributed by atoms with Gasteiger partial charge in [-0.3, -0.25) is 9.79 Å². The Kier molecular flexibility index (Phi) is 6.73. The van der Waals surface area contributed by atoms with Crippen LogP contribution in [0.25, 0.3) is 11.4 Å². The maximum atomic E-state index is 11.0. The van der Waals surface area contributed by atoms with E-state index in [0.717, 1.165) is 11.3 Å². The Hall–Kier alpha value is -3.67. The van der Waals surface area contributed by atoms with Crippen LogP contribution in [0.1, 0.15) is 32.3 Å². The van der Waals surface area contributed by atoms with E-state index < -0.39 is 5.91 Å². The van der Waals surface area contributed by atoms with Gasteiger partial charge in [-0.1, -0.05) is 0 Å². The fourth-order valence-electron chi connectivity index (χ4n) is 2.91. The molecule has 0 bridgehead atoms. The number of hydrogen-bond donors (Lipinski definition) is 4. The van der Waals surface area contributed by atoms with Gasteiger partial charge in [-0.2, -0.15) is 5.10 Å². The van der Waals surface area contributed by atoms with Crippen LogP contribution in [0.2, 0.25) is 0 Å². The zero-order chi connectivity index (χ0) is 23.4. The lowest BCUT2D eigenvalue weighted by Crippen LogP contribution is -2.22. The highest BCUT2D eigenvalue weighted by Crippen LogP contribution is 2.35. The van der Waals surface area contributed by atoms with Crippen molar-refractivity contribution in [1.82, 2.24) is 24.1 Å². The molecule has 0 saturated heterocycles. The van der Waals surface area contributed by atoms with Crippen molar-refractivity contribution in [3.8, 4) is 11.4 Å². The van der Waals surface area contributed by atoms with Gasteiger partial charge in [-0.15, -0.1) is 0 Å². The topological polar surface area (TPSA) is 162 Å². The molecule has 12 heteroatoms. The standard InChI is InChI=1S/C21H26N10OS/c1-12(2)28-16-7-19(25-9-15(16)20(23)26-10-17(22)32)29-18-5-6-24-21(30-18)13-8-27-31(11-13)33-14-3-4-14/h5-9,11-12,14H,3-4,10H2,1-2H3,(H2,22,32)(H2,23,26)(H2,24,25,28,29,30). The molecule has 0 aliphatic heterocycles. The summed E-state index contributed by atoms with van der Waals surface area (Å²) in [4.78, 5) is 28.5. The zero-order valence-corrected chi connectivity index (χ0v) is 19.2. The van der Waals surface area contributed by atoms with Crippen LogP contribution in [-0.4, -0.2) is 53.7 Å². The van der Waals surface area contributed by atoms with Crippen LogP contribution in [0, 0.1) is 0 Å². The molecular weight excluding hydrogens is 440 g/mol. The molecule has 0 unspecified atom stereocenters. The minimum absolute atomic E-state index is 0.138. The quantitative estimate of drug-likeness (QED) is 0.259. The van der Waals surface area contributed by atoms with Gasteiger partial charge in [0.2, 0.25) is 5.91 Å². The maximum absolute atomic E-state index is 11.0. The van der Waals surface area contributed by atoms with Crippen molar-refractivity contribution < 1.29 is 4.79 Å². The van der Waals surface area contributed by atoms with E-state index in [9.17, 15) is 4.79 Å². The third kappa shape index (κ3) is 6.19. The highest BCUT2D eigenvalue weighted by Gasteiger charge is 2.23. The number of aliphatic imine (C=N–C) groups is 1. The van der Waals surface area contributed by atoms with Gasteiger partial charge in [0.25, 0.3) is 0 Å². The van der Waals surface area contributed by atoms with Crippen molar-refractivity contribution >= 4 is 41.0 Å². The molecule has 1 amide bonds. The minimum atomic E-state index is -0.557. The number of primary amides is 1. The van der Waals surface area contributed by atoms with Crippen LogP contribution >= 0.6 is 11.9 Å². The van der Waals surface area contributed by atoms with Gasteiger partial charge in [0.15, 0.2) is 5.82 Å². The molecule has 0 radical (unpaired) electrons. The largest absolute Gasteiger partial charge is 0.383 e. The van der Waals surface area contributed by atoms with Crippen LogP contribution in [0.15, 0.2) is 41.9 Å². The molecule has 1 saturated carbocycles. The molecule has 11 nitrogen and oxygen atoms in total. The lowest BCUT2D eigenvalue weighted by molar-refractivity contribution is -0.116. The summed E-state index contributed by atoms with van der Waals surface area (Å²) in [5.41, 5.74) is 13.4. The van der Waals surface area contributed by atoms with Gasteiger partial charge in [0.05, 0.1) is 23.0 Å². The molecule has 3 heterocycles. The van der Waals surface area contributed by atoms with Crippen LogP contribution in [-0.2, 0) is 4.79 Å². The summed E-state index contributed by atoms with van der Waals surface area (Å²) >= 11 is 1.72. The second kappa shape index (κ2) is 9.86. The number of nitrogens with zero attached hydrogens (tertiary/aromatic N) is 6. The van der Waals surface area contributed by atoms with Gasteiger partial charge in [-0.05, 0) is 44.7 Å². The Bertz CT molecular complexity index is 1170. The second-order valence-electron chi connectivity index (χ2n) is 7.91. The van der Waals surface area contributed by atoms with E-state index in [0.29, 0.717) is 28.3 Å². The van der Waals surface area contributed by atoms with Crippen LogP contribution in [0.3, 0.4) is 0 Å². The van der Waals surface area contributed by atoms with E-state index in [1.165, 1.54) is 12.8 Å². The van der Waals surface area contributed by atoms with Crippen molar-refractivity contribution in [1.29, 1.82) is 0 Å². The number of anilines is 3. The van der Waals surface area contributed by atoms with Crippen LogP contribution in [0.4, 0.5) is 17.3 Å². The number of amidine groups is 1. The third-order valence-corrected chi connectivity index (χ3v) is 5.73. The van der Waals surface area contributed by atoms with E-state index in [-0.39, 0.29) is 18.4 Å². The average molecular weight is 467 g/mol. The highest BCUT2D eigenvalue weighted by atomic mass is 32.2. The first-order valence-electron chi connectivity index (χ1n) is 10.5. The molecule has 4 rings (SSSR count). The lowest BCUT2D eigenvalue weighted by Gasteiger charge is -2.16. The summed E-state index contributed by atoms with van der Waals surface area (Å²) in [7, 11) is 0. The Morgan fingerprint density at radius 3 is 2.82 bits per heavy atom. The number of aromatic nitrogens is 5. The molecule has 1 aliphatic carbocycles. The first-order valence-corrected chi connectivity index (χ1v) is 11.4. The van der Waals surface area contributed by atoms with E-state index in [1.807, 2.05) is 30.2 Å².